The van der Waals surface area contributed by atoms with Gasteiger partial charge in [0.15, 0.2) is 0 Å². The van der Waals surface area contributed by atoms with Crippen molar-refractivity contribution in [1.29, 1.82) is 5.41 Å². The molecule has 0 fully saturated rings. The van der Waals surface area contributed by atoms with E-state index in [2.05, 4.69) is 0 Å². The van der Waals surface area contributed by atoms with E-state index in [1.165, 1.54) is 29.3 Å². The molecule has 1 aliphatic heterocycles. The van der Waals surface area contributed by atoms with Gasteiger partial charge < -0.3 is 15.3 Å². The van der Waals surface area contributed by atoms with Gasteiger partial charge in [0.05, 0.1) is 0 Å². The summed E-state index contributed by atoms with van der Waals surface area (Å²) < 4.78 is 37.6. The summed E-state index contributed by atoms with van der Waals surface area (Å²) in [6.45, 7) is 1.82. The highest BCUT2D eigenvalue weighted by Crippen LogP contribution is 2.44. The maximum atomic E-state index is 12.6. The van der Waals surface area contributed by atoms with Crippen LogP contribution in [-0.4, -0.2) is 52.8 Å². The number of nitrogens with zero attached hydrogens (tertiary/aromatic N) is 2. The van der Waals surface area contributed by atoms with Gasteiger partial charge in [-0.15, -0.1) is 0 Å². The van der Waals surface area contributed by atoms with Gasteiger partial charge >= 0.3 is 12.1 Å². The van der Waals surface area contributed by atoms with Crippen molar-refractivity contribution in [2.45, 2.75) is 37.8 Å². The molecule has 33 heavy (non-hydrogen) atoms. The third-order valence-corrected chi connectivity index (χ3v) is 5.73. The van der Waals surface area contributed by atoms with E-state index in [9.17, 15) is 27.9 Å². The number of halogens is 3. The summed E-state index contributed by atoms with van der Waals surface area (Å²) in [5, 5.41) is 20.9. The molecule has 1 aliphatic rings. The van der Waals surface area contributed by atoms with Crippen LogP contribution in [0.3, 0.4) is 0 Å². The van der Waals surface area contributed by atoms with Crippen molar-refractivity contribution >= 4 is 17.6 Å². The van der Waals surface area contributed by atoms with Crippen LogP contribution in [0.15, 0.2) is 48.5 Å². The Morgan fingerprint density at radius 1 is 1.21 bits per heavy atom. The van der Waals surface area contributed by atoms with Gasteiger partial charge in [0.25, 0.3) is 0 Å². The number of hydrogen-bond donors (Lipinski definition) is 3. The number of alkyl halides is 3. The van der Waals surface area contributed by atoms with Crippen LogP contribution in [0.1, 0.15) is 41.6 Å². The average molecular weight is 462 g/mol. The van der Waals surface area contributed by atoms with Crippen molar-refractivity contribution in [3.8, 4) is 0 Å². The Labute approximate surface area is 189 Å². The van der Waals surface area contributed by atoms with E-state index in [1.807, 2.05) is 30.3 Å². The number of benzene rings is 2. The Kier molecular flexibility index (Phi) is 6.62. The number of carbonyl (C=O) groups is 2. The Bertz CT molecular complexity index is 1070. The molecule has 0 saturated heterocycles. The molecule has 176 valence electrons. The highest BCUT2D eigenvalue weighted by Gasteiger charge is 2.45. The van der Waals surface area contributed by atoms with Gasteiger partial charge in [0.1, 0.15) is 11.6 Å². The summed E-state index contributed by atoms with van der Waals surface area (Å²) in [6, 6.07) is 13.2. The number of nitrogens with one attached hydrogen (secondary N) is 2. The molecule has 0 bridgehead atoms. The fourth-order valence-electron chi connectivity index (χ4n) is 3.90. The second-order valence-corrected chi connectivity index (χ2v) is 8.27. The van der Waals surface area contributed by atoms with Gasteiger partial charge in [-0.25, -0.2) is 0 Å². The zero-order valence-electron chi connectivity index (χ0n) is 18.4. The van der Waals surface area contributed by atoms with Crippen molar-refractivity contribution in [2.24, 2.45) is 0 Å². The van der Waals surface area contributed by atoms with Crippen molar-refractivity contribution in [2.75, 3.05) is 14.1 Å². The summed E-state index contributed by atoms with van der Waals surface area (Å²) in [6.07, 6.45) is -5.02. The van der Waals surface area contributed by atoms with Crippen LogP contribution >= 0.6 is 0 Å². The minimum Gasteiger partial charge on any atom is -0.372 e. The lowest BCUT2D eigenvalue weighted by atomic mass is 9.97. The summed E-state index contributed by atoms with van der Waals surface area (Å²) >= 11 is 0. The molecule has 1 heterocycles. The molecule has 2 unspecified atom stereocenters. The van der Waals surface area contributed by atoms with Gasteiger partial charge in [-0.05, 0) is 24.1 Å². The van der Waals surface area contributed by atoms with E-state index >= 15 is 0 Å². The molecule has 2 atom stereocenters. The number of amides is 2. The fraction of sp³-hybridized carbons (Fsp3) is 0.348. The first kappa shape index (κ1) is 24.4. The standard InChI is InChI=1S/C23H25F3N4O3/c1-22(33)17-11-15(20(27)28-21(32)23(24,25)26)9-10-16(17)13-30(22)18(12-19(31)29(2)3)14-7-5-4-6-8-14/h4-11,18,33H,12-13H2,1-3H3,(H2,27,28,32). The number of carbonyl (C=O) groups excluding carboxylic acids is 2. The smallest absolute Gasteiger partial charge is 0.372 e. The van der Waals surface area contributed by atoms with Gasteiger partial charge in [0, 0.05) is 44.2 Å². The molecule has 10 heteroatoms. The molecule has 2 aromatic rings. The fourth-order valence-corrected chi connectivity index (χ4v) is 3.90. The second-order valence-electron chi connectivity index (χ2n) is 8.27. The zero-order valence-corrected chi connectivity index (χ0v) is 18.4. The number of hydrogen-bond acceptors (Lipinski definition) is 5. The predicted octanol–water partition coefficient (Wildman–Crippen LogP) is 2.89. The largest absolute Gasteiger partial charge is 0.471 e. The van der Waals surface area contributed by atoms with Gasteiger partial charge in [-0.3, -0.25) is 19.9 Å². The molecule has 0 radical (unpaired) electrons. The van der Waals surface area contributed by atoms with E-state index in [0.717, 1.165) is 5.56 Å². The average Bonchev–Trinajstić information content (AvgIpc) is 3.01. The quantitative estimate of drug-likeness (QED) is 0.470. The third kappa shape index (κ3) is 5.07. The van der Waals surface area contributed by atoms with Gasteiger partial charge in [-0.1, -0.05) is 42.5 Å². The van der Waals surface area contributed by atoms with Crippen molar-refractivity contribution in [3.05, 3.63) is 70.8 Å². The molecule has 2 aromatic carbocycles. The van der Waals surface area contributed by atoms with Crippen LogP contribution in [0.5, 0.6) is 0 Å². The Morgan fingerprint density at radius 2 is 1.85 bits per heavy atom. The van der Waals surface area contributed by atoms with Crippen LogP contribution in [-0.2, 0) is 21.9 Å². The first-order valence-corrected chi connectivity index (χ1v) is 10.2. The van der Waals surface area contributed by atoms with Crippen LogP contribution in [0.4, 0.5) is 13.2 Å². The first-order valence-electron chi connectivity index (χ1n) is 10.2. The van der Waals surface area contributed by atoms with Crippen LogP contribution < -0.4 is 5.32 Å². The van der Waals surface area contributed by atoms with E-state index in [0.29, 0.717) is 11.1 Å². The molecular weight excluding hydrogens is 437 g/mol. The topological polar surface area (TPSA) is 96.7 Å². The Balaban J connectivity index is 1.94. The van der Waals surface area contributed by atoms with Crippen LogP contribution in [0, 0.1) is 5.41 Å². The lowest BCUT2D eigenvalue weighted by Gasteiger charge is -2.38. The molecular formula is C23H25F3N4O3. The maximum absolute atomic E-state index is 12.6. The molecule has 3 N–H and O–H groups in total. The Morgan fingerprint density at radius 3 is 2.42 bits per heavy atom. The molecule has 0 aliphatic carbocycles. The molecule has 0 saturated carbocycles. The van der Waals surface area contributed by atoms with E-state index in [-0.39, 0.29) is 24.4 Å². The van der Waals surface area contributed by atoms with E-state index in [1.54, 1.807) is 25.1 Å². The third-order valence-electron chi connectivity index (χ3n) is 5.73. The minimum atomic E-state index is -5.12. The van der Waals surface area contributed by atoms with Crippen LogP contribution in [0.25, 0.3) is 0 Å². The second kappa shape index (κ2) is 8.95. The molecule has 3 rings (SSSR count). The van der Waals surface area contributed by atoms with E-state index in [4.69, 9.17) is 5.41 Å². The minimum absolute atomic E-state index is 0.0223. The van der Waals surface area contributed by atoms with Crippen molar-refractivity contribution < 1.29 is 27.9 Å². The number of rotatable bonds is 5. The Hall–Kier alpha value is -3.24. The van der Waals surface area contributed by atoms with Gasteiger partial charge in [0.2, 0.25) is 5.91 Å². The van der Waals surface area contributed by atoms with E-state index < -0.39 is 29.7 Å². The SMILES string of the molecule is CN(C)C(=O)CC(c1ccccc1)N1Cc2ccc(C(=N)NC(=O)C(F)(F)F)cc2C1(C)O. The highest BCUT2D eigenvalue weighted by molar-refractivity contribution is 6.07. The predicted molar refractivity (Wildman–Crippen MR) is 115 cm³/mol. The molecule has 0 aromatic heterocycles. The van der Waals surface area contributed by atoms with Crippen molar-refractivity contribution in [1.82, 2.24) is 15.1 Å². The molecule has 7 nitrogen and oxygen atoms in total. The monoisotopic (exact) mass is 462 g/mol. The summed E-state index contributed by atoms with van der Waals surface area (Å²) in [5.74, 6) is -3.10. The number of fused-ring (bicyclic) bond motifs is 1. The first-order chi connectivity index (χ1) is 15.3. The molecule has 0 spiro atoms. The van der Waals surface area contributed by atoms with Crippen molar-refractivity contribution in [3.63, 3.8) is 0 Å². The number of amidine groups is 1. The van der Waals surface area contributed by atoms with Crippen LogP contribution in [0.2, 0.25) is 0 Å². The van der Waals surface area contributed by atoms with Gasteiger partial charge in [-0.2, -0.15) is 13.2 Å². The zero-order chi connectivity index (χ0) is 24.6. The highest BCUT2D eigenvalue weighted by atomic mass is 19.4. The lowest BCUT2D eigenvalue weighted by Crippen LogP contribution is -2.42. The normalized spacial score (nSPS) is 19.0. The summed E-state index contributed by atoms with van der Waals surface area (Å²) in [5.41, 5.74) is 0.369. The maximum Gasteiger partial charge on any atom is 0.471 e. The molecule has 2 amide bonds. The summed E-state index contributed by atoms with van der Waals surface area (Å²) in [4.78, 5) is 27.0. The summed E-state index contributed by atoms with van der Waals surface area (Å²) in [7, 11) is 3.29. The number of aliphatic hydroxyl groups is 1. The lowest BCUT2D eigenvalue weighted by molar-refractivity contribution is -0.171.